The van der Waals surface area contributed by atoms with Gasteiger partial charge in [0.1, 0.15) is 17.2 Å². The number of amides is 1. The van der Waals surface area contributed by atoms with Gasteiger partial charge in [-0.25, -0.2) is 9.37 Å². The van der Waals surface area contributed by atoms with E-state index >= 15 is 0 Å². The van der Waals surface area contributed by atoms with Crippen molar-refractivity contribution in [2.75, 3.05) is 5.32 Å². The van der Waals surface area contributed by atoms with E-state index in [-0.39, 0.29) is 10.9 Å². The number of carbonyl (C=O) groups is 1. The first-order chi connectivity index (χ1) is 11.0. The zero-order valence-corrected chi connectivity index (χ0v) is 12.6. The van der Waals surface area contributed by atoms with Gasteiger partial charge in [-0.3, -0.25) is 9.59 Å². The second kappa shape index (κ2) is 5.64. The SMILES string of the molecule is Cc1cccnc1NC(=O)c1cn(C)c2ccc(F)cc2c1=O. The highest BCUT2D eigenvalue weighted by atomic mass is 19.1. The van der Waals surface area contributed by atoms with Crippen LogP contribution in [0.15, 0.2) is 47.5 Å². The van der Waals surface area contributed by atoms with Crippen molar-refractivity contribution >= 4 is 22.6 Å². The molecule has 23 heavy (non-hydrogen) atoms. The molecule has 0 aliphatic heterocycles. The van der Waals surface area contributed by atoms with Gasteiger partial charge in [0.05, 0.1) is 5.52 Å². The van der Waals surface area contributed by atoms with Crippen molar-refractivity contribution < 1.29 is 9.18 Å². The molecule has 0 aliphatic carbocycles. The number of rotatable bonds is 2. The van der Waals surface area contributed by atoms with Gasteiger partial charge in [-0.15, -0.1) is 0 Å². The van der Waals surface area contributed by atoms with Crippen LogP contribution < -0.4 is 10.7 Å². The Morgan fingerprint density at radius 3 is 2.83 bits per heavy atom. The Bertz CT molecular complexity index is 979. The molecule has 116 valence electrons. The van der Waals surface area contributed by atoms with Gasteiger partial charge in [-0.2, -0.15) is 0 Å². The van der Waals surface area contributed by atoms with Gasteiger partial charge in [-0.05, 0) is 36.8 Å². The molecule has 3 rings (SSSR count). The standard InChI is InChI=1S/C17H14FN3O2/c1-10-4-3-7-19-16(10)20-17(23)13-9-21(2)14-6-5-11(18)8-12(14)15(13)22/h3-9H,1-2H3,(H,19,20,23). The van der Waals surface area contributed by atoms with Crippen LogP contribution in [0.5, 0.6) is 0 Å². The fourth-order valence-corrected chi connectivity index (χ4v) is 2.42. The third kappa shape index (κ3) is 2.70. The van der Waals surface area contributed by atoms with Crippen LogP contribution in [0.4, 0.5) is 10.2 Å². The van der Waals surface area contributed by atoms with Gasteiger partial charge >= 0.3 is 0 Å². The Kier molecular flexibility index (Phi) is 3.65. The Hall–Kier alpha value is -3.02. The number of aryl methyl sites for hydroxylation is 2. The number of nitrogens with zero attached hydrogens (tertiary/aromatic N) is 2. The van der Waals surface area contributed by atoms with Crippen LogP contribution in [0, 0.1) is 12.7 Å². The van der Waals surface area contributed by atoms with E-state index in [0.29, 0.717) is 11.3 Å². The molecule has 5 nitrogen and oxygen atoms in total. The first-order valence-electron chi connectivity index (χ1n) is 6.99. The van der Waals surface area contributed by atoms with Crippen LogP contribution >= 0.6 is 0 Å². The fourth-order valence-electron chi connectivity index (χ4n) is 2.42. The Balaban J connectivity index is 2.09. The Morgan fingerprint density at radius 1 is 1.30 bits per heavy atom. The maximum atomic E-state index is 13.4. The molecule has 1 amide bonds. The van der Waals surface area contributed by atoms with E-state index < -0.39 is 17.2 Å². The quantitative estimate of drug-likeness (QED) is 0.791. The molecule has 0 bridgehead atoms. The lowest BCUT2D eigenvalue weighted by atomic mass is 10.1. The summed E-state index contributed by atoms with van der Waals surface area (Å²) in [5.74, 6) is -0.704. The normalized spacial score (nSPS) is 10.7. The number of nitrogens with one attached hydrogen (secondary N) is 1. The summed E-state index contributed by atoms with van der Waals surface area (Å²) in [4.78, 5) is 29.0. The Morgan fingerprint density at radius 2 is 2.09 bits per heavy atom. The van der Waals surface area contributed by atoms with Gasteiger partial charge in [0.15, 0.2) is 0 Å². The van der Waals surface area contributed by atoms with Crippen molar-refractivity contribution in [1.29, 1.82) is 0 Å². The second-order valence-electron chi connectivity index (χ2n) is 5.27. The van der Waals surface area contributed by atoms with Crippen molar-refractivity contribution in [3.05, 3.63) is 69.9 Å². The maximum absolute atomic E-state index is 13.4. The zero-order chi connectivity index (χ0) is 16.6. The molecule has 0 atom stereocenters. The van der Waals surface area contributed by atoms with E-state index in [1.54, 1.807) is 36.9 Å². The summed E-state index contributed by atoms with van der Waals surface area (Å²) in [7, 11) is 1.70. The average molecular weight is 311 g/mol. The van der Waals surface area contributed by atoms with Crippen molar-refractivity contribution in [1.82, 2.24) is 9.55 Å². The summed E-state index contributed by atoms with van der Waals surface area (Å²) < 4.78 is 15.0. The predicted molar refractivity (Wildman–Crippen MR) is 86.1 cm³/mol. The number of fused-ring (bicyclic) bond motifs is 1. The topological polar surface area (TPSA) is 64.0 Å². The van der Waals surface area contributed by atoms with E-state index in [1.807, 2.05) is 0 Å². The van der Waals surface area contributed by atoms with Crippen molar-refractivity contribution in [3.63, 3.8) is 0 Å². The number of pyridine rings is 2. The predicted octanol–water partition coefficient (Wildman–Crippen LogP) is 2.63. The number of hydrogen-bond acceptors (Lipinski definition) is 3. The molecular weight excluding hydrogens is 297 g/mol. The minimum atomic E-state index is -0.571. The minimum Gasteiger partial charge on any atom is -0.350 e. The molecule has 2 aromatic heterocycles. The summed E-state index contributed by atoms with van der Waals surface area (Å²) in [6.07, 6.45) is 2.99. The average Bonchev–Trinajstić information content (AvgIpc) is 2.53. The fraction of sp³-hybridized carbons (Fsp3) is 0.118. The van der Waals surface area contributed by atoms with Gasteiger partial charge < -0.3 is 9.88 Å². The number of aromatic nitrogens is 2. The van der Waals surface area contributed by atoms with Crippen LogP contribution in [0.1, 0.15) is 15.9 Å². The van der Waals surface area contributed by atoms with Gasteiger partial charge in [0.2, 0.25) is 5.43 Å². The van der Waals surface area contributed by atoms with Gasteiger partial charge in [-0.1, -0.05) is 6.07 Å². The summed E-state index contributed by atoms with van der Waals surface area (Å²) >= 11 is 0. The third-order valence-corrected chi connectivity index (χ3v) is 3.64. The van der Waals surface area contributed by atoms with Gasteiger partial charge in [0.25, 0.3) is 5.91 Å². The molecule has 0 radical (unpaired) electrons. The van der Waals surface area contributed by atoms with Gasteiger partial charge in [0, 0.05) is 24.8 Å². The molecule has 0 aliphatic rings. The molecule has 3 aromatic rings. The second-order valence-corrected chi connectivity index (χ2v) is 5.27. The zero-order valence-electron chi connectivity index (χ0n) is 12.6. The highest BCUT2D eigenvalue weighted by Crippen LogP contribution is 2.14. The Labute approximate surface area is 131 Å². The number of anilines is 1. The van der Waals surface area contributed by atoms with Crippen LogP contribution in [0.2, 0.25) is 0 Å². The highest BCUT2D eigenvalue weighted by Gasteiger charge is 2.16. The molecule has 1 aromatic carbocycles. The lowest BCUT2D eigenvalue weighted by Crippen LogP contribution is -2.24. The van der Waals surface area contributed by atoms with Crippen LogP contribution in [-0.2, 0) is 7.05 Å². The molecule has 6 heteroatoms. The van der Waals surface area contributed by atoms with Crippen LogP contribution in [0.3, 0.4) is 0 Å². The lowest BCUT2D eigenvalue weighted by Gasteiger charge is -2.10. The lowest BCUT2D eigenvalue weighted by molar-refractivity contribution is 0.102. The monoisotopic (exact) mass is 311 g/mol. The number of halogens is 1. The van der Waals surface area contributed by atoms with E-state index in [1.165, 1.54) is 18.3 Å². The third-order valence-electron chi connectivity index (χ3n) is 3.64. The first-order valence-corrected chi connectivity index (χ1v) is 6.99. The maximum Gasteiger partial charge on any atom is 0.262 e. The number of benzene rings is 1. The van der Waals surface area contributed by atoms with E-state index in [2.05, 4.69) is 10.3 Å². The summed E-state index contributed by atoms with van der Waals surface area (Å²) in [5, 5.41) is 2.78. The molecule has 0 saturated carbocycles. The molecule has 1 N–H and O–H groups in total. The molecular formula is C17H14FN3O2. The van der Waals surface area contributed by atoms with Crippen LogP contribution in [0.25, 0.3) is 10.9 Å². The number of carbonyl (C=O) groups excluding carboxylic acids is 1. The largest absolute Gasteiger partial charge is 0.350 e. The van der Waals surface area contributed by atoms with Crippen LogP contribution in [-0.4, -0.2) is 15.5 Å². The molecule has 0 spiro atoms. The summed E-state index contributed by atoms with van der Waals surface area (Å²) in [6, 6.07) is 7.48. The molecule has 0 saturated heterocycles. The summed E-state index contributed by atoms with van der Waals surface area (Å²) in [6.45, 7) is 1.80. The van der Waals surface area contributed by atoms with E-state index in [9.17, 15) is 14.0 Å². The van der Waals surface area contributed by atoms with Crippen molar-refractivity contribution in [3.8, 4) is 0 Å². The minimum absolute atomic E-state index is 0.0596. The number of hydrogen-bond donors (Lipinski definition) is 1. The van der Waals surface area contributed by atoms with Crippen molar-refractivity contribution in [2.45, 2.75) is 6.92 Å². The van der Waals surface area contributed by atoms with E-state index in [0.717, 1.165) is 11.6 Å². The van der Waals surface area contributed by atoms with E-state index in [4.69, 9.17) is 0 Å². The molecule has 2 heterocycles. The molecule has 0 unspecified atom stereocenters. The smallest absolute Gasteiger partial charge is 0.262 e. The van der Waals surface area contributed by atoms with Crippen molar-refractivity contribution in [2.24, 2.45) is 7.05 Å². The molecule has 0 fully saturated rings. The highest BCUT2D eigenvalue weighted by molar-refractivity contribution is 6.05. The summed E-state index contributed by atoms with van der Waals surface area (Å²) in [5.41, 5.74) is 0.769. The first kappa shape index (κ1) is 14.9.